The first-order valence-electron chi connectivity index (χ1n) is 11.0. The number of carbonyl (C=O) groups is 1. The van der Waals surface area contributed by atoms with Gasteiger partial charge >= 0.3 is 0 Å². The van der Waals surface area contributed by atoms with E-state index in [2.05, 4.69) is 15.9 Å². The fourth-order valence-electron chi connectivity index (χ4n) is 4.38. The summed E-state index contributed by atoms with van der Waals surface area (Å²) in [7, 11) is -2.40. The lowest BCUT2D eigenvalue weighted by Gasteiger charge is -2.28. The van der Waals surface area contributed by atoms with Crippen LogP contribution in [0.4, 0.5) is 5.69 Å². The van der Waals surface area contributed by atoms with Gasteiger partial charge in [0.05, 0.1) is 18.6 Å². The van der Waals surface area contributed by atoms with Gasteiger partial charge in [-0.05, 0) is 73.4 Å². The van der Waals surface area contributed by atoms with Crippen LogP contribution in [0.2, 0.25) is 0 Å². The highest BCUT2D eigenvalue weighted by Crippen LogP contribution is 2.34. The largest absolute Gasteiger partial charge is 0.496 e. The highest BCUT2D eigenvalue weighted by molar-refractivity contribution is 9.10. The molecule has 8 heteroatoms. The lowest BCUT2D eigenvalue weighted by atomic mass is 10.1. The zero-order chi connectivity index (χ0) is 24.5. The Morgan fingerprint density at radius 2 is 1.85 bits per heavy atom. The van der Waals surface area contributed by atoms with Crippen LogP contribution in [-0.2, 0) is 27.8 Å². The smallest absolute Gasteiger partial charge is 0.243 e. The highest BCUT2D eigenvalue weighted by Gasteiger charge is 2.35. The van der Waals surface area contributed by atoms with Crippen molar-refractivity contribution in [2.75, 3.05) is 18.6 Å². The Morgan fingerprint density at radius 1 is 1.12 bits per heavy atom. The van der Waals surface area contributed by atoms with Crippen molar-refractivity contribution in [3.8, 4) is 5.75 Å². The van der Waals surface area contributed by atoms with Gasteiger partial charge < -0.3 is 9.64 Å². The van der Waals surface area contributed by atoms with E-state index < -0.39 is 10.0 Å². The van der Waals surface area contributed by atoms with Crippen LogP contribution in [0.1, 0.15) is 23.6 Å². The molecule has 1 heterocycles. The second-order valence-corrected chi connectivity index (χ2v) is 11.3. The highest BCUT2D eigenvalue weighted by atomic mass is 79.9. The van der Waals surface area contributed by atoms with Gasteiger partial charge in [0, 0.05) is 22.7 Å². The maximum atomic E-state index is 13.7. The van der Waals surface area contributed by atoms with Crippen LogP contribution in [0.3, 0.4) is 0 Å². The molecular formula is C26H27BrN2O4S. The predicted molar refractivity (Wildman–Crippen MR) is 137 cm³/mol. The third kappa shape index (κ3) is 4.89. The third-order valence-electron chi connectivity index (χ3n) is 6.04. The fourth-order valence-corrected chi connectivity index (χ4v) is 6.25. The number of nitrogens with zero attached hydrogens (tertiary/aromatic N) is 2. The van der Waals surface area contributed by atoms with Gasteiger partial charge in [0.1, 0.15) is 5.75 Å². The van der Waals surface area contributed by atoms with Crippen molar-refractivity contribution in [1.82, 2.24) is 4.31 Å². The van der Waals surface area contributed by atoms with Crippen molar-refractivity contribution in [2.24, 2.45) is 0 Å². The van der Waals surface area contributed by atoms with Crippen LogP contribution in [0.5, 0.6) is 5.75 Å². The molecule has 0 saturated heterocycles. The van der Waals surface area contributed by atoms with Gasteiger partial charge in [-0.1, -0.05) is 46.3 Å². The molecule has 0 fully saturated rings. The zero-order valence-corrected chi connectivity index (χ0v) is 21.8. The number of benzene rings is 3. The van der Waals surface area contributed by atoms with Crippen LogP contribution in [0.15, 0.2) is 76.1 Å². The van der Waals surface area contributed by atoms with Gasteiger partial charge in [-0.2, -0.15) is 4.31 Å². The molecule has 1 atom stereocenters. The maximum absolute atomic E-state index is 13.7. The van der Waals surface area contributed by atoms with Crippen LogP contribution in [0, 0.1) is 6.92 Å². The summed E-state index contributed by atoms with van der Waals surface area (Å²) >= 11 is 3.49. The molecule has 0 N–H and O–H groups in total. The van der Waals surface area contributed by atoms with E-state index in [0.717, 1.165) is 27.7 Å². The standard InChI is InChI=1S/C26H27BrN2O4S/c1-18-13-23(10-12-25(18)33-3)34(31,32)28(16-20-7-5-4-6-8-20)17-26(30)29-19(2)14-21-15-22(27)9-11-24(21)29/h4-13,15,19H,14,16-17H2,1-3H3/t19-/m1/s1. The number of aryl methyl sites for hydroxylation is 1. The van der Waals surface area contributed by atoms with Crippen LogP contribution >= 0.6 is 15.9 Å². The van der Waals surface area contributed by atoms with Crippen LogP contribution < -0.4 is 9.64 Å². The van der Waals surface area contributed by atoms with Crippen molar-refractivity contribution >= 4 is 37.5 Å². The Morgan fingerprint density at radius 3 is 2.53 bits per heavy atom. The molecule has 3 aromatic rings. The molecule has 0 spiro atoms. The average molecular weight is 543 g/mol. The molecule has 34 heavy (non-hydrogen) atoms. The van der Waals surface area contributed by atoms with Crippen molar-refractivity contribution in [1.29, 1.82) is 0 Å². The zero-order valence-electron chi connectivity index (χ0n) is 19.4. The van der Waals surface area contributed by atoms with Gasteiger partial charge in [0.2, 0.25) is 15.9 Å². The normalized spacial score (nSPS) is 15.4. The molecule has 1 aliphatic heterocycles. The van der Waals surface area contributed by atoms with Crippen molar-refractivity contribution < 1.29 is 17.9 Å². The number of hydrogen-bond acceptors (Lipinski definition) is 4. The van der Waals surface area contributed by atoms with E-state index in [1.54, 1.807) is 31.1 Å². The predicted octanol–water partition coefficient (Wildman–Crippen LogP) is 4.93. The van der Waals surface area contributed by atoms with Gasteiger partial charge in [-0.3, -0.25) is 4.79 Å². The summed E-state index contributed by atoms with van der Waals surface area (Å²) in [4.78, 5) is 15.4. The second kappa shape index (κ2) is 9.90. The van der Waals surface area contributed by atoms with Gasteiger partial charge in [-0.15, -0.1) is 0 Å². The lowest BCUT2D eigenvalue weighted by Crippen LogP contribution is -2.44. The number of fused-ring (bicyclic) bond motifs is 1. The lowest BCUT2D eigenvalue weighted by molar-refractivity contribution is -0.119. The Kier molecular flexibility index (Phi) is 7.12. The number of carbonyl (C=O) groups excluding carboxylic acids is 1. The minimum Gasteiger partial charge on any atom is -0.496 e. The molecule has 0 saturated carbocycles. The minimum absolute atomic E-state index is 0.0543. The molecule has 6 nitrogen and oxygen atoms in total. The summed E-state index contributed by atoms with van der Waals surface area (Å²) in [5.74, 6) is 0.358. The van der Waals surface area contributed by atoms with Gasteiger partial charge in [0.25, 0.3) is 0 Å². The maximum Gasteiger partial charge on any atom is 0.243 e. The second-order valence-electron chi connectivity index (χ2n) is 8.48. The number of rotatable bonds is 7. The number of halogens is 1. The molecule has 0 aromatic heterocycles. The number of sulfonamides is 1. The van der Waals surface area contributed by atoms with E-state index in [1.165, 1.54) is 10.4 Å². The van der Waals surface area contributed by atoms with E-state index in [4.69, 9.17) is 4.74 Å². The van der Waals surface area contributed by atoms with Crippen LogP contribution in [0.25, 0.3) is 0 Å². The molecule has 0 unspecified atom stereocenters. The van der Waals surface area contributed by atoms with Crippen LogP contribution in [-0.4, -0.2) is 38.3 Å². The number of methoxy groups -OCH3 is 1. The molecule has 1 aliphatic rings. The van der Waals surface area contributed by atoms with E-state index in [1.807, 2.05) is 55.5 Å². The molecule has 3 aromatic carbocycles. The Balaban J connectivity index is 1.68. The fraction of sp³-hybridized carbons (Fsp3) is 0.269. The molecule has 1 amide bonds. The summed E-state index contributed by atoms with van der Waals surface area (Å²) in [6.45, 7) is 3.61. The number of anilines is 1. The first kappa shape index (κ1) is 24.4. The Labute approximate surface area is 209 Å². The van der Waals surface area contributed by atoms with Crippen molar-refractivity contribution in [3.05, 3.63) is 87.9 Å². The summed E-state index contributed by atoms with van der Waals surface area (Å²) in [5, 5.41) is 0. The first-order valence-corrected chi connectivity index (χ1v) is 13.2. The Hall–Kier alpha value is -2.68. The van der Waals surface area contributed by atoms with Gasteiger partial charge in [-0.25, -0.2) is 8.42 Å². The van der Waals surface area contributed by atoms with E-state index in [9.17, 15) is 13.2 Å². The van der Waals surface area contributed by atoms with E-state index in [-0.39, 0.29) is 29.9 Å². The van der Waals surface area contributed by atoms with Gasteiger partial charge in [0.15, 0.2) is 0 Å². The SMILES string of the molecule is COc1ccc(S(=O)(=O)N(CC(=O)N2c3ccc(Br)cc3C[C@H]2C)Cc2ccccc2)cc1C. The third-order valence-corrected chi connectivity index (χ3v) is 8.32. The summed E-state index contributed by atoms with van der Waals surface area (Å²) in [5.41, 5.74) is 3.42. The van der Waals surface area contributed by atoms with E-state index in [0.29, 0.717) is 11.3 Å². The number of amides is 1. The Bertz CT molecular complexity index is 1310. The molecule has 0 aliphatic carbocycles. The van der Waals surface area contributed by atoms with Crippen molar-refractivity contribution in [3.63, 3.8) is 0 Å². The molecule has 0 radical (unpaired) electrons. The monoisotopic (exact) mass is 542 g/mol. The van der Waals surface area contributed by atoms with Crippen molar-refractivity contribution in [2.45, 2.75) is 37.8 Å². The summed E-state index contributed by atoms with van der Waals surface area (Å²) in [6, 6.07) is 19.8. The number of ether oxygens (including phenoxy) is 1. The molecule has 178 valence electrons. The molecule has 4 rings (SSSR count). The summed E-state index contributed by atoms with van der Waals surface area (Å²) in [6.07, 6.45) is 0.726. The van der Waals surface area contributed by atoms with E-state index >= 15 is 0 Å². The first-order chi connectivity index (χ1) is 16.2. The quantitative estimate of drug-likeness (QED) is 0.424. The molecule has 0 bridgehead atoms. The minimum atomic E-state index is -3.95. The topological polar surface area (TPSA) is 66.9 Å². The number of hydrogen-bond donors (Lipinski definition) is 0. The molecular weight excluding hydrogens is 516 g/mol. The average Bonchev–Trinajstić information content (AvgIpc) is 3.13. The summed E-state index contributed by atoms with van der Waals surface area (Å²) < 4.78 is 34.9.